The van der Waals surface area contributed by atoms with Gasteiger partial charge in [0.25, 0.3) is 0 Å². The Morgan fingerprint density at radius 1 is 0.833 bits per heavy atom. The first-order chi connectivity index (χ1) is 8.61. The number of aromatic nitrogens is 1. The average molecular weight is 237 g/mol. The number of nitrogens with zero attached hydrogens (tertiary/aromatic N) is 1. The van der Waals surface area contributed by atoms with Crippen molar-refractivity contribution in [3.05, 3.63) is 53.1 Å². The van der Waals surface area contributed by atoms with E-state index in [0.717, 1.165) is 16.7 Å². The standard InChI is InChI=1S/C16H15NO/c1-10-4-5-14-15(9-10)18-16(17-14)13-7-11(2)6-12(3)8-13/h4-9H,1-3H3. The first-order valence-electron chi connectivity index (χ1n) is 6.08. The van der Waals surface area contributed by atoms with Crippen LogP contribution in [0.5, 0.6) is 0 Å². The summed E-state index contributed by atoms with van der Waals surface area (Å²) in [5, 5.41) is 0. The topological polar surface area (TPSA) is 26.0 Å². The summed E-state index contributed by atoms with van der Waals surface area (Å²) in [5.74, 6) is 0.697. The molecule has 0 saturated carbocycles. The second kappa shape index (κ2) is 3.98. The molecular weight excluding hydrogens is 222 g/mol. The molecule has 90 valence electrons. The molecule has 0 bridgehead atoms. The lowest BCUT2D eigenvalue weighted by Gasteiger charge is -2.00. The van der Waals surface area contributed by atoms with Crippen LogP contribution in [0.15, 0.2) is 40.8 Å². The summed E-state index contributed by atoms with van der Waals surface area (Å²) >= 11 is 0. The quantitative estimate of drug-likeness (QED) is 0.626. The second-order valence-corrected chi connectivity index (χ2v) is 4.87. The van der Waals surface area contributed by atoms with Gasteiger partial charge in [-0.1, -0.05) is 23.3 Å². The van der Waals surface area contributed by atoms with Crippen molar-refractivity contribution in [3.63, 3.8) is 0 Å². The van der Waals surface area contributed by atoms with Gasteiger partial charge in [0.05, 0.1) is 0 Å². The molecule has 0 unspecified atom stereocenters. The van der Waals surface area contributed by atoms with Crippen molar-refractivity contribution in [3.8, 4) is 11.5 Å². The molecule has 0 saturated heterocycles. The molecule has 1 aromatic heterocycles. The maximum absolute atomic E-state index is 5.83. The van der Waals surface area contributed by atoms with Crippen LogP contribution in [-0.4, -0.2) is 4.98 Å². The highest BCUT2D eigenvalue weighted by atomic mass is 16.3. The molecule has 0 spiro atoms. The number of hydrogen-bond acceptors (Lipinski definition) is 2. The van der Waals surface area contributed by atoms with Crippen molar-refractivity contribution < 1.29 is 4.42 Å². The van der Waals surface area contributed by atoms with E-state index in [2.05, 4.69) is 50.0 Å². The molecule has 1 heterocycles. The molecule has 0 amide bonds. The van der Waals surface area contributed by atoms with E-state index in [1.165, 1.54) is 16.7 Å². The number of oxazole rings is 1. The summed E-state index contributed by atoms with van der Waals surface area (Å²) in [7, 11) is 0. The molecule has 3 rings (SSSR count). The molecule has 2 aromatic carbocycles. The fraction of sp³-hybridized carbons (Fsp3) is 0.188. The number of aryl methyl sites for hydroxylation is 3. The minimum Gasteiger partial charge on any atom is -0.436 e. The van der Waals surface area contributed by atoms with Crippen LogP contribution in [0.2, 0.25) is 0 Å². The van der Waals surface area contributed by atoms with Crippen LogP contribution >= 0.6 is 0 Å². The Morgan fingerprint density at radius 2 is 1.56 bits per heavy atom. The van der Waals surface area contributed by atoms with Crippen LogP contribution in [0.4, 0.5) is 0 Å². The summed E-state index contributed by atoms with van der Waals surface area (Å²) < 4.78 is 5.83. The normalized spacial score (nSPS) is 11.1. The largest absolute Gasteiger partial charge is 0.436 e. The minimum absolute atomic E-state index is 0.697. The van der Waals surface area contributed by atoms with E-state index in [1.54, 1.807) is 0 Å². The minimum atomic E-state index is 0.697. The van der Waals surface area contributed by atoms with Crippen molar-refractivity contribution in [1.82, 2.24) is 4.98 Å². The summed E-state index contributed by atoms with van der Waals surface area (Å²) in [4.78, 5) is 4.54. The molecule has 18 heavy (non-hydrogen) atoms. The Hall–Kier alpha value is -2.09. The van der Waals surface area contributed by atoms with Gasteiger partial charge >= 0.3 is 0 Å². The number of benzene rings is 2. The summed E-state index contributed by atoms with van der Waals surface area (Å²) in [5.41, 5.74) is 6.44. The third-order valence-corrected chi connectivity index (χ3v) is 3.01. The molecule has 0 aliphatic rings. The van der Waals surface area contributed by atoms with Crippen LogP contribution in [0.1, 0.15) is 16.7 Å². The lowest BCUT2D eigenvalue weighted by Crippen LogP contribution is -1.82. The summed E-state index contributed by atoms with van der Waals surface area (Å²) in [6, 6.07) is 12.4. The molecule has 0 aliphatic heterocycles. The maximum Gasteiger partial charge on any atom is 0.227 e. The van der Waals surface area contributed by atoms with Crippen molar-refractivity contribution in [2.24, 2.45) is 0 Å². The Labute approximate surface area is 106 Å². The van der Waals surface area contributed by atoms with Gasteiger partial charge in [0.2, 0.25) is 5.89 Å². The molecule has 0 fully saturated rings. The predicted molar refractivity (Wildman–Crippen MR) is 73.7 cm³/mol. The lowest BCUT2D eigenvalue weighted by molar-refractivity contribution is 0.619. The zero-order chi connectivity index (χ0) is 12.7. The first kappa shape index (κ1) is 11.0. The third kappa shape index (κ3) is 1.90. The van der Waals surface area contributed by atoms with E-state index >= 15 is 0 Å². The Bertz CT molecular complexity index is 705. The van der Waals surface area contributed by atoms with E-state index in [4.69, 9.17) is 4.42 Å². The van der Waals surface area contributed by atoms with Crippen molar-refractivity contribution in [1.29, 1.82) is 0 Å². The molecule has 0 aliphatic carbocycles. The number of fused-ring (bicyclic) bond motifs is 1. The van der Waals surface area contributed by atoms with E-state index in [9.17, 15) is 0 Å². The highest BCUT2D eigenvalue weighted by Gasteiger charge is 2.08. The number of rotatable bonds is 1. The molecule has 3 aromatic rings. The average Bonchev–Trinajstić information content (AvgIpc) is 2.70. The third-order valence-electron chi connectivity index (χ3n) is 3.01. The molecule has 0 N–H and O–H groups in total. The van der Waals surface area contributed by atoms with Gasteiger partial charge < -0.3 is 4.42 Å². The van der Waals surface area contributed by atoms with Crippen LogP contribution in [-0.2, 0) is 0 Å². The lowest BCUT2D eigenvalue weighted by atomic mass is 10.1. The smallest absolute Gasteiger partial charge is 0.227 e. The van der Waals surface area contributed by atoms with E-state index in [0.29, 0.717) is 5.89 Å². The summed E-state index contributed by atoms with van der Waals surface area (Å²) in [6.45, 7) is 6.23. The zero-order valence-electron chi connectivity index (χ0n) is 10.8. The Kier molecular flexibility index (Phi) is 2.44. The fourth-order valence-electron chi connectivity index (χ4n) is 2.25. The van der Waals surface area contributed by atoms with Crippen molar-refractivity contribution in [2.75, 3.05) is 0 Å². The van der Waals surface area contributed by atoms with Crippen LogP contribution in [0, 0.1) is 20.8 Å². The summed E-state index contributed by atoms with van der Waals surface area (Å²) in [6.07, 6.45) is 0. The first-order valence-corrected chi connectivity index (χ1v) is 6.08. The SMILES string of the molecule is Cc1cc(C)cc(-c2nc3ccc(C)cc3o2)c1. The highest BCUT2D eigenvalue weighted by Crippen LogP contribution is 2.26. The van der Waals surface area contributed by atoms with Gasteiger partial charge in [-0.3, -0.25) is 0 Å². The zero-order valence-corrected chi connectivity index (χ0v) is 10.8. The monoisotopic (exact) mass is 237 g/mol. The Balaban J connectivity index is 2.19. The fourth-order valence-corrected chi connectivity index (χ4v) is 2.25. The van der Waals surface area contributed by atoms with E-state index in [1.807, 2.05) is 12.1 Å². The molecule has 0 radical (unpaired) electrons. The van der Waals surface area contributed by atoms with Gasteiger partial charge in [-0.2, -0.15) is 0 Å². The van der Waals surface area contributed by atoms with Gasteiger partial charge in [-0.05, 0) is 50.6 Å². The van der Waals surface area contributed by atoms with Gasteiger partial charge in [0, 0.05) is 5.56 Å². The second-order valence-electron chi connectivity index (χ2n) is 4.87. The molecular formula is C16H15NO. The van der Waals surface area contributed by atoms with Crippen molar-refractivity contribution in [2.45, 2.75) is 20.8 Å². The van der Waals surface area contributed by atoms with E-state index in [-0.39, 0.29) is 0 Å². The van der Waals surface area contributed by atoms with Crippen LogP contribution < -0.4 is 0 Å². The molecule has 0 atom stereocenters. The van der Waals surface area contributed by atoms with Crippen molar-refractivity contribution >= 4 is 11.1 Å². The van der Waals surface area contributed by atoms with E-state index < -0.39 is 0 Å². The predicted octanol–water partition coefficient (Wildman–Crippen LogP) is 4.42. The van der Waals surface area contributed by atoms with Gasteiger partial charge in [0.1, 0.15) is 5.52 Å². The van der Waals surface area contributed by atoms with Gasteiger partial charge in [0.15, 0.2) is 5.58 Å². The van der Waals surface area contributed by atoms with Crippen LogP contribution in [0.25, 0.3) is 22.6 Å². The van der Waals surface area contributed by atoms with Gasteiger partial charge in [-0.15, -0.1) is 0 Å². The van der Waals surface area contributed by atoms with Crippen LogP contribution in [0.3, 0.4) is 0 Å². The molecule has 2 heteroatoms. The van der Waals surface area contributed by atoms with Gasteiger partial charge in [-0.25, -0.2) is 4.98 Å². The molecule has 2 nitrogen and oxygen atoms in total. The number of hydrogen-bond donors (Lipinski definition) is 0. The highest BCUT2D eigenvalue weighted by molar-refractivity contribution is 5.77. The Morgan fingerprint density at radius 3 is 2.28 bits per heavy atom. The maximum atomic E-state index is 5.83.